The van der Waals surface area contributed by atoms with Gasteiger partial charge in [0.1, 0.15) is 6.07 Å². The minimum atomic E-state index is 0.266. The van der Waals surface area contributed by atoms with Crippen LogP contribution in [-0.4, -0.2) is 0 Å². The molecule has 0 saturated carbocycles. The fourth-order valence-corrected chi connectivity index (χ4v) is 1.29. The molecule has 0 aromatic heterocycles. The highest BCUT2D eigenvalue weighted by molar-refractivity contribution is 6.37. The number of nitrogens with zero attached hydrogens (tertiary/aromatic N) is 1. The van der Waals surface area contributed by atoms with Crippen LogP contribution in [0.3, 0.4) is 0 Å². The van der Waals surface area contributed by atoms with Crippen molar-refractivity contribution in [2.45, 2.75) is 0 Å². The topological polar surface area (TPSA) is 49.8 Å². The fraction of sp³-hybridized carbons (Fsp3) is 0. The number of nitrogens with two attached hydrogens (primary N) is 1. The molecule has 56 valence electrons. The molecule has 0 amide bonds. The maximum Gasteiger partial charge on any atom is 0.102 e. The van der Waals surface area contributed by atoms with Gasteiger partial charge < -0.3 is 5.73 Å². The Morgan fingerprint density at radius 1 is 1.27 bits per heavy atom. The molecular formula is C7H4Cl2N2. The van der Waals surface area contributed by atoms with Crippen LogP contribution in [0.15, 0.2) is 12.1 Å². The highest BCUT2D eigenvalue weighted by Crippen LogP contribution is 2.26. The van der Waals surface area contributed by atoms with Gasteiger partial charge >= 0.3 is 0 Å². The predicted molar refractivity (Wildman–Crippen MR) is 45.6 cm³/mol. The maximum absolute atomic E-state index is 8.53. The van der Waals surface area contributed by atoms with Crippen molar-refractivity contribution in [3.05, 3.63) is 27.7 Å². The molecule has 0 bridgehead atoms. The van der Waals surface area contributed by atoms with Crippen LogP contribution in [0.5, 0.6) is 0 Å². The van der Waals surface area contributed by atoms with E-state index >= 15 is 0 Å². The predicted octanol–water partition coefficient (Wildman–Crippen LogP) is 2.45. The largest absolute Gasteiger partial charge is 0.399 e. The van der Waals surface area contributed by atoms with Crippen molar-refractivity contribution in [1.82, 2.24) is 0 Å². The van der Waals surface area contributed by atoms with Gasteiger partial charge in [-0.05, 0) is 12.1 Å². The summed E-state index contributed by atoms with van der Waals surface area (Å²) >= 11 is 11.3. The van der Waals surface area contributed by atoms with Gasteiger partial charge in [-0.1, -0.05) is 23.2 Å². The Morgan fingerprint density at radius 3 is 2.09 bits per heavy atom. The molecule has 0 heterocycles. The smallest absolute Gasteiger partial charge is 0.102 e. The number of rotatable bonds is 0. The minimum Gasteiger partial charge on any atom is -0.399 e. The van der Waals surface area contributed by atoms with Gasteiger partial charge in [-0.25, -0.2) is 0 Å². The Balaban J connectivity index is 3.40. The maximum atomic E-state index is 8.53. The van der Waals surface area contributed by atoms with Gasteiger partial charge in [-0.3, -0.25) is 0 Å². The van der Waals surface area contributed by atoms with E-state index in [9.17, 15) is 0 Å². The van der Waals surface area contributed by atoms with E-state index in [-0.39, 0.29) is 15.6 Å². The molecule has 0 aliphatic heterocycles. The third-order valence-corrected chi connectivity index (χ3v) is 1.77. The first kappa shape index (κ1) is 8.19. The molecule has 4 heteroatoms. The summed E-state index contributed by atoms with van der Waals surface area (Å²) in [5.41, 5.74) is 6.13. The van der Waals surface area contributed by atoms with Crippen LogP contribution in [0.2, 0.25) is 10.0 Å². The molecule has 0 unspecified atom stereocenters. The van der Waals surface area contributed by atoms with Crippen molar-refractivity contribution in [3.8, 4) is 6.07 Å². The summed E-state index contributed by atoms with van der Waals surface area (Å²) in [4.78, 5) is 0. The molecule has 0 spiro atoms. The van der Waals surface area contributed by atoms with Gasteiger partial charge in [0.05, 0.1) is 15.6 Å². The molecule has 1 aromatic carbocycles. The highest BCUT2D eigenvalue weighted by atomic mass is 35.5. The van der Waals surface area contributed by atoms with Crippen LogP contribution in [0, 0.1) is 11.3 Å². The summed E-state index contributed by atoms with van der Waals surface area (Å²) < 4.78 is 0. The molecule has 2 nitrogen and oxygen atoms in total. The Kier molecular flexibility index (Phi) is 2.23. The van der Waals surface area contributed by atoms with Gasteiger partial charge in [0, 0.05) is 5.69 Å². The molecule has 11 heavy (non-hydrogen) atoms. The Hall–Kier alpha value is -0.910. The molecule has 0 aliphatic carbocycles. The van der Waals surface area contributed by atoms with E-state index < -0.39 is 0 Å². The quantitative estimate of drug-likeness (QED) is 0.634. The standard InChI is InChI=1S/C7H4Cl2N2/c8-6-1-4(11)2-7(9)5(6)3-10/h1-2H,11H2. The Bertz CT molecular complexity index is 305. The number of nitriles is 1. The third-order valence-electron chi connectivity index (χ3n) is 1.18. The van der Waals surface area contributed by atoms with Crippen molar-refractivity contribution < 1.29 is 0 Å². The summed E-state index contributed by atoms with van der Waals surface area (Å²) in [7, 11) is 0. The number of hydrogen-bond donors (Lipinski definition) is 1. The second kappa shape index (κ2) is 3.00. The summed E-state index contributed by atoms with van der Waals surface area (Å²) in [6, 6.07) is 4.86. The second-order valence-electron chi connectivity index (χ2n) is 1.97. The number of anilines is 1. The zero-order chi connectivity index (χ0) is 8.43. The first-order valence-electron chi connectivity index (χ1n) is 2.79. The van der Waals surface area contributed by atoms with Crippen LogP contribution >= 0.6 is 23.2 Å². The van der Waals surface area contributed by atoms with Gasteiger partial charge in [0.15, 0.2) is 0 Å². The zero-order valence-electron chi connectivity index (χ0n) is 5.44. The fourth-order valence-electron chi connectivity index (χ4n) is 0.700. The van der Waals surface area contributed by atoms with Crippen molar-refractivity contribution in [3.63, 3.8) is 0 Å². The van der Waals surface area contributed by atoms with Gasteiger partial charge in [0.2, 0.25) is 0 Å². The molecule has 0 atom stereocenters. The van der Waals surface area contributed by atoms with E-state index in [1.807, 2.05) is 6.07 Å². The van der Waals surface area contributed by atoms with Crippen LogP contribution in [-0.2, 0) is 0 Å². The normalized spacial score (nSPS) is 9.18. The summed E-state index contributed by atoms with van der Waals surface area (Å²) in [5, 5.41) is 9.11. The molecule has 1 aromatic rings. The number of halogens is 2. The average Bonchev–Trinajstić information content (AvgIpc) is 1.85. The van der Waals surface area contributed by atoms with Crippen molar-refractivity contribution >= 4 is 28.9 Å². The number of hydrogen-bond acceptors (Lipinski definition) is 2. The lowest BCUT2D eigenvalue weighted by Gasteiger charge is -1.98. The highest BCUT2D eigenvalue weighted by Gasteiger charge is 2.04. The molecule has 0 saturated heterocycles. The molecule has 1 rings (SSSR count). The minimum absolute atomic E-state index is 0.266. The molecule has 0 aliphatic rings. The van der Waals surface area contributed by atoms with Crippen LogP contribution < -0.4 is 5.73 Å². The summed E-state index contributed by atoms with van der Waals surface area (Å²) in [6.07, 6.45) is 0. The van der Waals surface area contributed by atoms with Crippen LogP contribution in [0.1, 0.15) is 5.56 Å². The second-order valence-corrected chi connectivity index (χ2v) is 2.79. The Labute approximate surface area is 74.1 Å². The molecule has 0 radical (unpaired) electrons. The molecule has 2 N–H and O–H groups in total. The SMILES string of the molecule is N#Cc1c(Cl)cc(N)cc1Cl. The zero-order valence-corrected chi connectivity index (χ0v) is 6.95. The van der Waals surface area contributed by atoms with Crippen molar-refractivity contribution in [2.75, 3.05) is 5.73 Å². The first-order chi connectivity index (χ1) is 5.15. The van der Waals surface area contributed by atoms with E-state index in [4.69, 9.17) is 34.2 Å². The number of nitrogen functional groups attached to an aromatic ring is 1. The van der Waals surface area contributed by atoms with E-state index in [1.54, 1.807) is 0 Å². The van der Waals surface area contributed by atoms with E-state index in [0.717, 1.165) is 0 Å². The van der Waals surface area contributed by atoms with Gasteiger partial charge in [-0.2, -0.15) is 5.26 Å². The molecule has 0 fully saturated rings. The monoisotopic (exact) mass is 186 g/mol. The first-order valence-corrected chi connectivity index (χ1v) is 3.55. The van der Waals surface area contributed by atoms with Crippen LogP contribution in [0.25, 0.3) is 0 Å². The van der Waals surface area contributed by atoms with E-state index in [1.165, 1.54) is 12.1 Å². The van der Waals surface area contributed by atoms with Crippen LogP contribution in [0.4, 0.5) is 5.69 Å². The average molecular weight is 187 g/mol. The lowest BCUT2D eigenvalue weighted by atomic mass is 10.2. The van der Waals surface area contributed by atoms with E-state index in [2.05, 4.69) is 0 Å². The van der Waals surface area contributed by atoms with E-state index in [0.29, 0.717) is 5.69 Å². The Morgan fingerprint density at radius 2 is 1.73 bits per heavy atom. The lowest BCUT2D eigenvalue weighted by Crippen LogP contribution is -1.87. The van der Waals surface area contributed by atoms with Gasteiger partial charge in [0.25, 0.3) is 0 Å². The molecular weight excluding hydrogens is 183 g/mol. The lowest BCUT2D eigenvalue weighted by molar-refractivity contribution is 1.48. The van der Waals surface area contributed by atoms with Crippen molar-refractivity contribution in [1.29, 1.82) is 5.26 Å². The summed E-state index contributed by atoms with van der Waals surface area (Å²) in [5.74, 6) is 0. The van der Waals surface area contributed by atoms with Crippen molar-refractivity contribution in [2.24, 2.45) is 0 Å². The summed E-state index contributed by atoms with van der Waals surface area (Å²) in [6.45, 7) is 0. The number of benzene rings is 1. The van der Waals surface area contributed by atoms with Gasteiger partial charge in [-0.15, -0.1) is 0 Å². The third kappa shape index (κ3) is 1.56.